The highest BCUT2D eigenvalue weighted by Crippen LogP contribution is 2.15. The fourth-order valence-electron chi connectivity index (χ4n) is 0.941. The van der Waals surface area contributed by atoms with Gasteiger partial charge in [0.15, 0.2) is 0 Å². The topological polar surface area (TPSA) is 64.1 Å². The Kier molecular flexibility index (Phi) is 2.14. The van der Waals surface area contributed by atoms with Gasteiger partial charge in [0.2, 0.25) is 0 Å². The van der Waals surface area contributed by atoms with Crippen LogP contribution in [0.2, 0.25) is 0 Å². The molecule has 0 saturated heterocycles. The summed E-state index contributed by atoms with van der Waals surface area (Å²) in [5, 5.41) is 12.8. The standard InChI is InChI=1S/C7H13N3O/c1-5(2)10-7(8)6(4-11)3-9-10/h3,5,11H,4,8H2,1-2H3. The zero-order chi connectivity index (χ0) is 8.43. The minimum Gasteiger partial charge on any atom is -0.391 e. The first-order valence-electron chi connectivity index (χ1n) is 3.59. The summed E-state index contributed by atoms with van der Waals surface area (Å²) in [5.74, 6) is 0.558. The molecule has 0 aromatic carbocycles. The van der Waals surface area contributed by atoms with E-state index in [2.05, 4.69) is 5.10 Å². The van der Waals surface area contributed by atoms with Crippen LogP contribution in [0, 0.1) is 0 Å². The molecule has 0 aliphatic rings. The van der Waals surface area contributed by atoms with Gasteiger partial charge in [-0.15, -0.1) is 0 Å². The molecular weight excluding hydrogens is 142 g/mol. The van der Waals surface area contributed by atoms with E-state index >= 15 is 0 Å². The average Bonchev–Trinajstić information content (AvgIpc) is 2.30. The first kappa shape index (κ1) is 8.07. The van der Waals surface area contributed by atoms with Crippen molar-refractivity contribution >= 4 is 5.82 Å². The first-order valence-corrected chi connectivity index (χ1v) is 3.59. The van der Waals surface area contributed by atoms with Crippen molar-refractivity contribution in [2.45, 2.75) is 26.5 Å². The van der Waals surface area contributed by atoms with E-state index in [1.165, 1.54) is 0 Å². The number of nitrogen functional groups attached to an aromatic ring is 1. The maximum absolute atomic E-state index is 8.78. The van der Waals surface area contributed by atoms with Gasteiger partial charge in [0.25, 0.3) is 0 Å². The molecule has 0 atom stereocenters. The Balaban J connectivity index is 3.00. The minimum absolute atomic E-state index is 0.0431. The van der Waals surface area contributed by atoms with Crippen molar-refractivity contribution < 1.29 is 5.11 Å². The third kappa shape index (κ3) is 1.35. The highest BCUT2D eigenvalue weighted by molar-refractivity contribution is 5.38. The molecule has 0 saturated carbocycles. The molecule has 4 heteroatoms. The lowest BCUT2D eigenvalue weighted by Crippen LogP contribution is -2.07. The van der Waals surface area contributed by atoms with Gasteiger partial charge >= 0.3 is 0 Å². The molecule has 1 rings (SSSR count). The van der Waals surface area contributed by atoms with Gasteiger partial charge in [0.05, 0.1) is 12.8 Å². The van der Waals surface area contributed by atoms with Gasteiger partial charge in [-0.05, 0) is 13.8 Å². The van der Waals surface area contributed by atoms with Gasteiger partial charge in [0, 0.05) is 11.6 Å². The second-order valence-corrected chi connectivity index (χ2v) is 2.75. The molecule has 0 fully saturated rings. The Morgan fingerprint density at radius 2 is 2.36 bits per heavy atom. The number of hydrogen-bond acceptors (Lipinski definition) is 3. The van der Waals surface area contributed by atoms with E-state index in [1.54, 1.807) is 10.9 Å². The molecule has 0 aliphatic carbocycles. The smallest absolute Gasteiger partial charge is 0.127 e. The van der Waals surface area contributed by atoms with Crippen molar-refractivity contribution in [3.63, 3.8) is 0 Å². The largest absolute Gasteiger partial charge is 0.391 e. The summed E-state index contributed by atoms with van der Waals surface area (Å²) in [4.78, 5) is 0. The van der Waals surface area contributed by atoms with Gasteiger partial charge in [-0.3, -0.25) is 0 Å². The molecule has 1 aromatic rings. The SMILES string of the molecule is CC(C)n1ncc(CO)c1N. The van der Waals surface area contributed by atoms with E-state index < -0.39 is 0 Å². The molecule has 0 unspecified atom stereocenters. The number of aliphatic hydroxyl groups is 1. The normalized spacial score (nSPS) is 10.9. The van der Waals surface area contributed by atoms with Crippen LogP contribution in [-0.2, 0) is 6.61 Å². The van der Waals surface area contributed by atoms with E-state index in [-0.39, 0.29) is 12.6 Å². The number of rotatable bonds is 2. The van der Waals surface area contributed by atoms with Crippen LogP contribution in [0.3, 0.4) is 0 Å². The number of nitrogens with zero attached hydrogens (tertiary/aromatic N) is 2. The first-order chi connectivity index (χ1) is 5.16. The molecule has 3 N–H and O–H groups in total. The summed E-state index contributed by atoms with van der Waals surface area (Å²) in [6.45, 7) is 3.94. The number of nitrogens with two attached hydrogens (primary N) is 1. The van der Waals surface area contributed by atoms with Crippen molar-refractivity contribution in [3.8, 4) is 0 Å². The zero-order valence-corrected chi connectivity index (χ0v) is 6.78. The van der Waals surface area contributed by atoms with Gasteiger partial charge in [-0.1, -0.05) is 0 Å². The molecule has 0 bridgehead atoms. The van der Waals surface area contributed by atoms with E-state index in [0.29, 0.717) is 11.4 Å². The Labute approximate surface area is 65.6 Å². The van der Waals surface area contributed by atoms with Crippen molar-refractivity contribution in [2.24, 2.45) is 0 Å². The molecule has 0 aliphatic heterocycles. The summed E-state index contributed by atoms with van der Waals surface area (Å²) in [6, 6.07) is 0.246. The maximum Gasteiger partial charge on any atom is 0.127 e. The van der Waals surface area contributed by atoms with Crippen molar-refractivity contribution in [2.75, 3.05) is 5.73 Å². The van der Waals surface area contributed by atoms with Crippen LogP contribution in [0.25, 0.3) is 0 Å². The second kappa shape index (κ2) is 2.92. The molecule has 4 nitrogen and oxygen atoms in total. The Morgan fingerprint density at radius 1 is 1.73 bits per heavy atom. The summed E-state index contributed by atoms with van der Waals surface area (Å²) in [7, 11) is 0. The minimum atomic E-state index is -0.0431. The van der Waals surface area contributed by atoms with Gasteiger partial charge in [0.1, 0.15) is 5.82 Å². The van der Waals surface area contributed by atoms with E-state index in [9.17, 15) is 0 Å². The lowest BCUT2D eigenvalue weighted by molar-refractivity contribution is 0.282. The molecule has 1 heterocycles. The molecule has 0 spiro atoms. The third-order valence-electron chi connectivity index (χ3n) is 1.57. The van der Waals surface area contributed by atoms with E-state index in [0.717, 1.165) is 0 Å². The number of aliphatic hydroxyl groups excluding tert-OH is 1. The number of hydrogen-bond donors (Lipinski definition) is 2. The lowest BCUT2D eigenvalue weighted by atomic mass is 10.3. The van der Waals surface area contributed by atoms with Crippen LogP contribution in [-0.4, -0.2) is 14.9 Å². The lowest BCUT2D eigenvalue weighted by Gasteiger charge is -2.07. The summed E-state index contributed by atoms with van der Waals surface area (Å²) in [6.07, 6.45) is 1.59. The average molecular weight is 155 g/mol. The van der Waals surface area contributed by atoms with E-state index in [1.807, 2.05) is 13.8 Å². The highest BCUT2D eigenvalue weighted by atomic mass is 16.3. The van der Waals surface area contributed by atoms with Crippen LogP contribution in [0.1, 0.15) is 25.5 Å². The summed E-state index contributed by atoms with van der Waals surface area (Å²) >= 11 is 0. The molecule has 0 radical (unpaired) electrons. The molecular formula is C7H13N3O. The second-order valence-electron chi connectivity index (χ2n) is 2.75. The fourth-order valence-corrected chi connectivity index (χ4v) is 0.941. The van der Waals surface area contributed by atoms with Crippen LogP contribution in [0.5, 0.6) is 0 Å². The Hall–Kier alpha value is -1.03. The Bertz CT molecular complexity index is 242. The molecule has 62 valence electrons. The predicted molar refractivity (Wildman–Crippen MR) is 42.9 cm³/mol. The Morgan fingerprint density at radius 3 is 2.64 bits per heavy atom. The number of anilines is 1. The van der Waals surface area contributed by atoms with Gasteiger partial charge < -0.3 is 10.8 Å². The maximum atomic E-state index is 8.78. The summed E-state index contributed by atoms with van der Waals surface area (Å²) < 4.78 is 1.69. The fraction of sp³-hybridized carbons (Fsp3) is 0.571. The predicted octanol–water partition coefficient (Wildman–Crippen LogP) is 0.538. The van der Waals surface area contributed by atoms with Crippen molar-refractivity contribution in [3.05, 3.63) is 11.8 Å². The van der Waals surface area contributed by atoms with Crippen molar-refractivity contribution in [1.29, 1.82) is 0 Å². The van der Waals surface area contributed by atoms with Crippen LogP contribution in [0.15, 0.2) is 6.20 Å². The third-order valence-corrected chi connectivity index (χ3v) is 1.57. The summed E-state index contributed by atoms with van der Waals surface area (Å²) in [5.41, 5.74) is 6.35. The van der Waals surface area contributed by atoms with Gasteiger partial charge in [-0.25, -0.2) is 4.68 Å². The van der Waals surface area contributed by atoms with E-state index in [4.69, 9.17) is 10.8 Å². The molecule has 0 amide bonds. The molecule has 11 heavy (non-hydrogen) atoms. The zero-order valence-electron chi connectivity index (χ0n) is 6.78. The van der Waals surface area contributed by atoms with Crippen molar-refractivity contribution in [1.82, 2.24) is 9.78 Å². The van der Waals surface area contributed by atoms with Gasteiger partial charge in [-0.2, -0.15) is 5.10 Å². The highest BCUT2D eigenvalue weighted by Gasteiger charge is 2.07. The van der Waals surface area contributed by atoms with Crippen LogP contribution < -0.4 is 5.73 Å². The number of aromatic nitrogens is 2. The monoisotopic (exact) mass is 155 g/mol. The van der Waals surface area contributed by atoms with Crippen LogP contribution in [0.4, 0.5) is 5.82 Å². The van der Waals surface area contributed by atoms with Crippen LogP contribution >= 0.6 is 0 Å². The quantitative estimate of drug-likeness (QED) is 0.655. The molecule has 1 aromatic heterocycles.